The van der Waals surface area contributed by atoms with Gasteiger partial charge in [0.1, 0.15) is 17.1 Å². The predicted octanol–water partition coefficient (Wildman–Crippen LogP) is 2.37. The van der Waals surface area contributed by atoms with Crippen molar-refractivity contribution < 1.29 is 13.9 Å². The summed E-state index contributed by atoms with van der Waals surface area (Å²) in [6, 6.07) is 8.73. The average molecular weight is 246 g/mol. The molecule has 0 radical (unpaired) electrons. The van der Waals surface area contributed by atoms with E-state index in [0.717, 1.165) is 0 Å². The van der Waals surface area contributed by atoms with Gasteiger partial charge in [-0.2, -0.15) is 0 Å². The second-order valence-electron chi connectivity index (χ2n) is 3.49. The van der Waals surface area contributed by atoms with E-state index in [0.29, 0.717) is 11.3 Å². The Morgan fingerprint density at radius 2 is 2.00 bits per heavy atom. The zero-order chi connectivity index (χ0) is 13.0. The van der Waals surface area contributed by atoms with Crippen LogP contribution in [0.4, 0.5) is 4.39 Å². The van der Waals surface area contributed by atoms with Crippen molar-refractivity contribution in [2.45, 2.75) is 0 Å². The van der Waals surface area contributed by atoms with Gasteiger partial charge in [-0.3, -0.25) is 4.79 Å². The maximum atomic E-state index is 12.8. The molecule has 18 heavy (non-hydrogen) atoms. The van der Waals surface area contributed by atoms with Crippen LogP contribution in [0.2, 0.25) is 0 Å². The molecule has 0 bridgehead atoms. The Kier molecular flexibility index (Phi) is 3.52. The molecule has 1 N–H and O–H groups in total. The second-order valence-corrected chi connectivity index (χ2v) is 3.49. The lowest BCUT2D eigenvalue weighted by Crippen LogP contribution is -2.18. The van der Waals surface area contributed by atoms with Crippen LogP contribution in [0.3, 0.4) is 0 Å². The van der Waals surface area contributed by atoms with Crippen LogP contribution in [0.1, 0.15) is 10.4 Å². The molecule has 1 amide bonds. The lowest BCUT2D eigenvalue weighted by Gasteiger charge is -2.08. The summed E-state index contributed by atoms with van der Waals surface area (Å²) in [4.78, 5) is 15.6. The quantitative estimate of drug-likeness (QED) is 0.904. The molecule has 0 spiro atoms. The number of amides is 1. The molecule has 0 fully saturated rings. The highest BCUT2D eigenvalue weighted by molar-refractivity contribution is 5.96. The van der Waals surface area contributed by atoms with Gasteiger partial charge < -0.3 is 10.1 Å². The third kappa shape index (κ3) is 2.63. The molecule has 0 atom stereocenters. The number of carbonyl (C=O) groups excluding carboxylic acids is 1. The van der Waals surface area contributed by atoms with E-state index in [4.69, 9.17) is 4.74 Å². The third-order valence-corrected chi connectivity index (χ3v) is 2.27. The van der Waals surface area contributed by atoms with Crippen LogP contribution < -0.4 is 10.1 Å². The number of pyridine rings is 1. The second kappa shape index (κ2) is 5.27. The first-order chi connectivity index (χ1) is 8.70. The van der Waals surface area contributed by atoms with Crippen LogP contribution in [-0.4, -0.2) is 17.9 Å². The van der Waals surface area contributed by atoms with E-state index in [-0.39, 0.29) is 17.6 Å². The van der Waals surface area contributed by atoms with Crippen molar-refractivity contribution in [3.05, 3.63) is 54.0 Å². The van der Waals surface area contributed by atoms with E-state index in [1.165, 1.54) is 37.5 Å². The first-order valence-electron chi connectivity index (χ1n) is 5.31. The number of nitrogens with one attached hydrogen (secondary N) is 1. The Balaban J connectivity index is 2.28. The van der Waals surface area contributed by atoms with Gasteiger partial charge in [0.05, 0.1) is 0 Å². The summed E-state index contributed by atoms with van der Waals surface area (Å²) >= 11 is 0. The normalized spacial score (nSPS) is 9.89. The highest BCUT2D eigenvalue weighted by Gasteiger charge is 2.12. The van der Waals surface area contributed by atoms with Crippen molar-refractivity contribution in [3.63, 3.8) is 0 Å². The molecule has 0 aliphatic carbocycles. The fourth-order valence-corrected chi connectivity index (χ4v) is 1.39. The van der Waals surface area contributed by atoms with Crippen molar-refractivity contribution in [1.29, 1.82) is 0 Å². The zero-order valence-corrected chi connectivity index (χ0v) is 9.68. The van der Waals surface area contributed by atoms with Crippen molar-refractivity contribution in [2.24, 2.45) is 0 Å². The Morgan fingerprint density at radius 3 is 2.67 bits per heavy atom. The molecule has 0 unspecified atom stereocenters. The van der Waals surface area contributed by atoms with Crippen LogP contribution in [-0.2, 0) is 0 Å². The van der Waals surface area contributed by atoms with E-state index in [1.54, 1.807) is 12.1 Å². The number of carbonyl (C=O) groups is 1. The lowest BCUT2D eigenvalue weighted by molar-refractivity contribution is 0.0960. The lowest BCUT2D eigenvalue weighted by atomic mass is 10.2. The summed E-state index contributed by atoms with van der Waals surface area (Å²) in [7, 11) is 1.52. The number of ether oxygens (including phenoxy) is 1. The van der Waals surface area contributed by atoms with Crippen molar-refractivity contribution >= 4 is 5.91 Å². The number of benzene rings is 1. The van der Waals surface area contributed by atoms with Gasteiger partial charge in [0.2, 0.25) is 5.88 Å². The van der Waals surface area contributed by atoms with Gasteiger partial charge in [-0.25, -0.2) is 9.37 Å². The van der Waals surface area contributed by atoms with Crippen LogP contribution in [0.25, 0.3) is 0 Å². The number of rotatable bonds is 3. The smallest absolute Gasteiger partial charge is 0.256 e. The summed E-state index contributed by atoms with van der Waals surface area (Å²) in [5.74, 6) is -0.0428. The Hall–Kier alpha value is -2.43. The number of hydrogen-bond donors (Lipinski definition) is 1. The molecule has 0 saturated carbocycles. The molecule has 1 aromatic carbocycles. The minimum absolute atomic E-state index is 0.184. The van der Waals surface area contributed by atoms with Crippen LogP contribution in [0.15, 0.2) is 42.6 Å². The molecule has 0 aliphatic rings. The van der Waals surface area contributed by atoms with Crippen LogP contribution in [0, 0.1) is 5.82 Å². The van der Waals surface area contributed by atoms with Crippen LogP contribution >= 0.6 is 0 Å². The SMILES string of the molecule is CNC(=O)c1cccnc1Oc1ccc(F)cc1. The summed E-state index contributed by atoms with van der Waals surface area (Å²) in [5, 5.41) is 2.50. The van der Waals surface area contributed by atoms with E-state index in [2.05, 4.69) is 10.3 Å². The number of halogens is 1. The molecule has 2 aromatic rings. The minimum Gasteiger partial charge on any atom is -0.438 e. The molecule has 1 heterocycles. The van der Waals surface area contributed by atoms with Crippen molar-refractivity contribution in [3.8, 4) is 11.6 Å². The van der Waals surface area contributed by atoms with Crippen molar-refractivity contribution in [2.75, 3.05) is 7.05 Å². The van der Waals surface area contributed by atoms with Gasteiger partial charge in [-0.15, -0.1) is 0 Å². The van der Waals surface area contributed by atoms with Crippen molar-refractivity contribution in [1.82, 2.24) is 10.3 Å². The fourth-order valence-electron chi connectivity index (χ4n) is 1.39. The molecule has 5 heteroatoms. The zero-order valence-electron chi connectivity index (χ0n) is 9.68. The fraction of sp³-hybridized carbons (Fsp3) is 0.0769. The minimum atomic E-state index is -0.352. The topological polar surface area (TPSA) is 51.2 Å². The molecule has 0 aliphatic heterocycles. The van der Waals surface area contributed by atoms with Gasteiger partial charge >= 0.3 is 0 Å². The van der Waals surface area contributed by atoms with E-state index in [1.807, 2.05) is 0 Å². The molecular formula is C13H11FN2O2. The monoisotopic (exact) mass is 246 g/mol. The molecule has 2 rings (SSSR count). The number of aromatic nitrogens is 1. The van der Waals surface area contributed by atoms with Gasteiger partial charge in [0, 0.05) is 13.2 Å². The summed E-state index contributed by atoms with van der Waals surface area (Å²) in [6.07, 6.45) is 1.52. The molecule has 0 saturated heterocycles. The number of hydrogen-bond acceptors (Lipinski definition) is 3. The van der Waals surface area contributed by atoms with Gasteiger partial charge in [0.15, 0.2) is 0 Å². The van der Waals surface area contributed by atoms with Gasteiger partial charge in [0.25, 0.3) is 5.91 Å². The molecule has 92 valence electrons. The summed E-state index contributed by atoms with van der Waals surface area (Å²) in [6.45, 7) is 0. The van der Waals surface area contributed by atoms with E-state index < -0.39 is 0 Å². The molecule has 1 aromatic heterocycles. The highest BCUT2D eigenvalue weighted by Crippen LogP contribution is 2.22. The first kappa shape index (κ1) is 12.0. The Labute approximate surface area is 103 Å². The Bertz CT molecular complexity index is 555. The Morgan fingerprint density at radius 1 is 1.28 bits per heavy atom. The summed E-state index contributed by atoms with van der Waals surface area (Å²) in [5.41, 5.74) is 0.323. The standard InChI is InChI=1S/C13H11FN2O2/c1-15-12(17)11-3-2-8-16-13(11)18-10-6-4-9(14)5-7-10/h2-8H,1H3,(H,15,17). The number of nitrogens with zero attached hydrogens (tertiary/aromatic N) is 1. The molecular weight excluding hydrogens is 235 g/mol. The van der Waals surface area contributed by atoms with Gasteiger partial charge in [-0.1, -0.05) is 0 Å². The van der Waals surface area contributed by atoms with E-state index >= 15 is 0 Å². The molecule has 4 nitrogen and oxygen atoms in total. The first-order valence-corrected chi connectivity index (χ1v) is 5.31. The summed E-state index contributed by atoms with van der Waals surface area (Å²) < 4.78 is 18.2. The van der Waals surface area contributed by atoms with E-state index in [9.17, 15) is 9.18 Å². The highest BCUT2D eigenvalue weighted by atomic mass is 19.1. The van der Waals surface area contributed by atoms with Gasteiger partial charge in [-0.05, 0) is 36.4 Å². The third-order valence-electron chi connectivity index (χ3n) is 2.27. The predicted molar refractivity (Wildman–Crippen MR) is 64.1 cm³/mol. The largest absolute Gasteiger partial charge is 0.438 e. The average Bonchev–Trinajstić information content (AvgIpc) is 2.41. The maximum absolute atomic E-state index is 12.8. The maximum Gasteiger partial charge on any atom is 0.256 e. The van der Waals surface area contributed by atoms with Crippen LogP contribution in [0.5, 0.6) is 11.6 Å².